The molecule has 0 unspecified atom stereocenters. The topological polar surface area (TPSA) is 82.8 Å². The van der Waals surface area contributed by atoms with E-state index in [1.807, 2.05) is 19.9 Å². The Morgan fingerprint density at radius 3 is 2.75 bits per heavy atom. The fraction of sp³-hybridized carbons (Fsp3) is 0.273. The van der Waals surface area contributed by atoms with Crippen molar-refractivity contribution in [3.05, 3.63) is 66.0 Å². The third-order valence-electron chi connectivity index (χ3n) is 4.80. The predicted octanol–water partition coefficient (Wildman–Crippen LogP) is 5.52. The maximum atomic E-state index is 13.3. The summed E-state index contributed by atoms with van der Waals surface area (Å²) in [4.78, 5) is 29.5. The molecule has 2 aromatic carbocycles. The summed E-state index contributed by atoms with van der Waals surface area (Å²) in [6.45, 7) is 3.71. The van der Waals surface area contributed by atoms with Crippen LogP contribution in [0.15, 0.2) is 49.2 Å². The number of carbonyl (C=O) groups excluding carboxylic acids is 1. The zero-order valence-corrected chi connectivity index (χ0v) is 21.5. The number of esters is 1. The van der Waals surface area contributed by atoms with E-state index in [-0.39, 0.29) is 18.1 Å². The molecule has 168 valence electrons. The Bertz CT molecular complexity index is 1260. The van der Waals surface area contributed by atoms with Crippen molar-refractivity contribution < 1.29 is 14.3 Å². The highest BCUT2D eigenvalue weighted by molar-refractivity contribution is 9.10. The van der Waals surface area contributed by atoms with Crippen LogP contribution in [-0.2, 0) is 9.53 Å². The van der Waals surface area contributed by atoms with Gasteiger partial charge in [0, 0.05) is 21.0 Å². The second kappa shape index (κ2) is 10.6. The highest BCUT2D eigenvalue weighted by Crippen LogP contribution is 2.32. The van der Waals surface area contributed by atoms with E-state index in [0.717, 1.165) is 10.9 Å². The molecule has 0 radical (unpaired) electrons. The van der Waals surface area contributed by atoms with Crippen LogP contribution in [0.3, 0.4) is 0 Å². The third kappa shape index (κ3) is 5.39. The molecule has 0 aliphatic heterocycles. The number of methoxy groups -OCH3 is 1. The number of benzene rings is 2. The van der Waals surface area contributed by atoms with Gasteiger partial charge in [-0.15, -0.1) is 0 Å². The fourth-order valence-corrected chi connectivity index (χ4v) is 4.23. The molecule has 1 heterocycles. The maximum Gasteiger partial charge on any atom is 0.343 e. The van der Waals surface area contributed by atoms with Gasteiger partial charge >= 0.3 is 5.97 Å². The van der Waals surface area contributed by atoms with Crippen molar-refractivity contribution in [2.75, 3.05) is 13.7 Å². The van der Waals surface area contributed by atoms with Gasteiger partial charge < -0.3 is 9.47 Å². The molecule has 0 bridgehead atoms. The molecule has 0 saturated heterocycles. The van der Waals surface area contributed by atoms with Crippen LogP contribution in [-0.4, -0.2) is 35.6 Å². The first-order chi connectivity index (χ1) is 15.2. The van der Waals surface area contributed by atoms with Gasteiger partial charge in [-0.05, 0) is 52.7 Å². The number of ether oxygens (including phenoxy) is 2. The summed E-state index contributed by atoms with van der Waals surface area (Å²) in [6.07, 6.45) is 2.24. The molecule has 0 saturated carbocycles. The van der Waals surface area contributed by atoms with Crippen molar-refractivity contribution in [2.24, 2.45) is 5.10 Å². The van der Waals surface area contributed by atoms with Crippen molar-refractivity contribution in [2.45, 2.75) is 26.2 Å². The molecule has 7 nitrogen and oxygen atoms in total. The van der Waals surface area contributed by atoms with E-state index in [1.165, 1.54) is 18.0 Å². The van der Waals surface area contributed by atoms with Crippen molar-refractivity contribution in [1.82, 2.24) is 9.66 Å². The number of hydrogen-bond acceptors (Lipinski definition) is 6. The summed E-state index contributed by atoms with van der Waals surface area (Å²) in [7, 11) is 1.28. The SMILES string of the molecule is CC[C@H](C)c1nc2ccc(Br)cc2c(=O)n1N=Cc1cc(Cl)cc(Br)c1OCC(=O)OC. The predicted molar refractivity (Wildman–Crippen MR) is 132 cm³/mol. The van der Waals surface area contributed by atoms with E-state index in [0.29, 0.717) is 37.5 Å². The summed E-state index contributed by atoms with van der Waals surface area (Å²) in [5.74, 6) is 0.350. The Morgan fingerprint density at radius 1 is 1.31 bits per heavy atom. The quantitative estimate of drug-likeness (QED) is 0.269. The Hall–Kier alpha value is -2.23. The average Bonchev–Trinajstić information content (AvgIpc) is 2.77. The first kappa shape index (κ1) is 24.4. The van der Waals surface area contributed by atoms with Gasteiger partial charge in [0.2, 0.25) is 0 Å². The number of hydrogen-bond donors (Lipinski definition) is 0. The molecule has 3 rings (SSSR count). The first-order valence-electron chi connectivity index (χ1n) is 9.70. The molecule has 0 amide bonds. The minimum absolute atomic E-state index is 0.00552. The number of nitrogens with zero attached hydrogens (tertiary/aromatic N) is 3. The largest absolute Gasteiger partial charge is 0.480 e. The minimum atomic E-state index is -0.533. The molecule has 0 fully saturated rings. The summed E-state index contributed by atoms with van der Waals surface area (Å²) in [5.41, 5.74) is 0.790. The number of rotatable bonds is 7. The molecule has 0 spiro atoms. The second-order valence-corrected chi connectivity index (χ2v) is 9.18. The van der Waals surface area contributed by atoms with Gasteiger partial charge in [0.1, 0.15) is 11.6 Å². The third-order valence-corrected chi connectivity index (χ3v) is 6.10. The van der Waals surface area contributed by atoms with Gasteiger partial charge in [-0.2, -0.15) is 9.78 Å². The Kier molecular flexibility index (Phi) is 8.08. The maximum absolute atomic E-state index is 13.3. The van der Waals surface area contributed by atoms with Gasteiger partial charge in [-0.25, -0.2) is 9.78 Å². The molecule has 0 aliphatic carbocycles. The van der Waals surface area contributed by atoms with Crippen LogP contribution < -0.4 is 10.3 Å². The molecule has 0 N–H and O–H groups in total. The molecule has 1 atom stereocenters. The van der Waals surface area contributed by atoms with Crippen molar-refractivity contribution in [3.8, 4) is 5.75 Å². The summed E-state index contributed by atoms with van der Waals surface area (Å²) in [6, 6.07) is 8.63. The van der Waals surface area contributed by atoms with Crippen LogP contribution in [0, 0.1) is 0 Å². The summed E-state index contributed by atoms with van der Waals surface area (Å²) in [5, 5.41) is 5.31. The molecule has 0 aliphatic rings. The van der Waals surface area contributed by atoms with Gasteiger partial charge in [0.15, 0.2) is 6.61 Å². The first-order valence-corrected chi connectivity index (χ1v) is 11.7. The monoisotopic (exact) mass is 583 g/mol. The highest BCUT2D eigenvalue weighted by atomic mass is 79.9. The highest BCUT2D eigenvalue weighted by Gasteiger charge is 2.17. The van der Waals surface area contributed by atoms with E-state index in [2.05, 4.69) is 46.7 Å². The van der Waals surface area contributed by atoms with Crippen LogP contribution in [0.4, 0.5) is 0 Å². The van der Waals surface area contributed by atoms with Crippen LogP contribution in [0.2, 0.25) is 5.02 Å². The van der Waals surface area contributed by atoms with E-state index in [1.54, 1.807) is 24.3 Å². The van der Waals surface area contributed by atoms with Gasteiger partial charge in [-0.3, -0.25) is 4.79 Å². The smallest absolute Gasteiger partial charge is 0.343 e. The van der Waals surface area contributed by atoms with E-state index in [4.69, 9.17) is 16.3 Å². The fourth-order valence-electron chi connectivity index (χ4n) is 2.92. The van der Waals surface area contributed by atoms with Crippen LogP contribution >= 0.6 is 43.5 Å². The number of aromatic nitrogens is 2. The van der Waals surface area contributed by atoms with Crippen molar-refractivity contribution in [3.63, 3.8) is 0 Å². The summed E-state index contributed by atoms with van der Waals surface area (Å²) < 4.78 is 12.8. The minimum Gasteiger partial charge on any atom is -0.480 e. The zero-order chi connectivity index (χ0) is 23.4. The molecular formula is C22H20Br2ClN3O4. The lowest BCUT2D eigenvalue weighted by atomic mass is 10.1. The Labute approximate surface area is 206 Å². The van der Waals surface area contributed by atoms with Crippen molar-refractivity contribution >= 4 is 66.5 Å². The van der Waals surface area contributed by atoms with Gasteiger partial charge in [0.05, 0.1) is 28.7 Å². The van der Waals surface area contributed by atoms with Gasteiger partial charge in [0.25, 0.3) is 5.56 Å². The van der Waals surface area contributed by atoms with Crippen LogP contribution in [0.1, 0.15) is 37.6 Å². The number of fused-ring (bicyclic) bond motifs is 1. The molecular weight excluding hydrogens is 566 g/mol. The van der Waals surface area contributed by atoms with Gasteiger partial charge in [-0.1, -0.05) is 41.4 Å². The van der Waals surface area contributed by atoms with Crippen molar-refractivity contribution in [1.29, 1.82) is 0 Å². The average molecular weight is 586 g/mol. The number of halogens is 3. The summed E-state index contributed by atoms with van der Waals surface area (Å²) >= 11 is 13.0. The lowest BCUT2D eigenvalue weighted by molar-refractivity contribution is -0.142. The zero-order valence-electron chi connectivity index (χ0n) is 17.6. The molecule has 3 aromatic rings. The molecule has 32 heavy (non-hydrogen) atoms. The van der Waals surface area contributed by atoms with E-state index >= 15 is 0 Å². The lowest BCUT2D eigenvalue weighted by Crippen LogP contribution is -2.23. The molecule has 10 heteroatoms. The Morgan fingerprint density at radius 2 is 2.06 bits per heavy atom. The normalized spacial score (nSPS) is 12.3. The lowest BCUT2D eigenvalue weighted by Gasteiger charge is -2.14. The Balaban J connectivity index is 2.15. The van der Waals surface area contributed by atoms with E-state index in [9.17, 15) is 9.59 Å². The van der Waals surface area contributed by atoms with E-state index < -0.39 is 5.97 Å². The second-order valence-electron chi connectivity index (χ2n) is 6.97. The number of carbonyl (C=O) groups is 1. The molecule has 1 aromatic heterocycles. The van der Waals surface area contributed by atoms with Crippen LogP contribution in [0.25, 0.3) is 10.9 Å². The van der Waals surface area contributed by atoms with Crippen LogP contribution in [0.5, 0.6) is 5.75 Å². The standard InChI is InChI=1S/C22H20Br2ClN3O4/c1-4-12(2)21-27-18-6-5-14(23)8-16(18)22(30)28(21)26-10-13-7-15(25)9-17(24)20(13)32-11-19(29)31-3/h5-10,12H,4,11H2,1-3H3/t12-/m0/s1.